The highest BCUT2D eigenvalue weighted by Gasteiger charge is 2.19. The number of benzene rings is 1. The van der Waals surface area contributed by atoms with Gasteiger partial charge in [0.1, 0.15) is 5.82 Å². The molecule has 0 aliphatic heterocycles. The van der Waals surface area contributed by atoms with Crippen molar-refractivity contribution < 1.29 is 4.39 Å². The van der Waals surface area contributed by atoms with Crippen molar-refractivity contribution in [2.24, 2.45) is 0 Å². The number of hydrogen-bond acceptors (Lipinski definition) is 1. The number of nitriles is 1. The van der Waals surface area contributed by atoms with Gasteiger partial charge in [-0.2, -0.15) is 5.26 Å². The molecular formula is C11H12FN. The summed E-state index contributed by atoms with van der Waals surface area (Å²) in [5.74, 6) is -0.225. The van der Waals surface area contributed by atoms with Crippen LogP contribution in [-0.4, -0.2) is 0 Å². The molecule has 0 spiro atoms. The zero-order chi connectivity index (χ0) is 10.1. The summed E-state index contributed by atoms with van der Waals surface area (Å²) in [6, 6.07) is 6.97. The van der Waals surface area contributed by atoms with E-state index in [4.69, 9.17) is 5.26 Å². The third-order valence-electron chi connectivity index (χ3n) is 2.16. The van der Waals surface area contributed by atoms with Crippen LogP contribution in [-0.2, 0) is 5.41 Å². The van der Waals surface area contributed by atoms with Crippen molar-refractivity contribution in [3.05, 3.63) is 35.1 Å². The zero-order valence-corrected chi connectivity index (χ0v) is 8.06. The Labute approximate surface area is 77.8 Å². The van der Waals surface area contributed by atoms with Crippen LogP contribution >= 0.6 is 0 Å². The summed E-state index contributed by atoms with van der Waals surface area (Å²) in [7, 11) is 0. The standard InChI is InChI=1S/C11H12FN/c1-8-6-9(4-5-10(8)12)11(2,3)7-13/h4-6H,1-3H3. The molecule has 0 aliphatic rings. The predicted octanol–water partition coefficient (Wildman–Crippen LogP) is 2.94. The first-order chi connectivity index (χ1) is 5.97. The van der Waals surface area contributed by atoms with Gasteiger partial charge in [-0.3, -0.25) is 0 Å². The molecule has 68 valence electrons. The number of hydrogen-bond donors (Lipinski definition) is 0. The first-order valence-electron chi connectivity index (χ1n) is 4.15. The Kier molecular flexibility index (Phi) is 2.38. The molecule has 0 amide bonds. The molecule has 1 aromatic carbocycles. The van der Waals surface area contributed by atoms with E-state index in [1.54, 1.807) is 19.1 Å². The van der Waals surface area contributed by atoms with E-state index in [-0.39, 0.29) is 5.82 Å². The largest absolute Gasteiger partial charge is 0.207 e. The van der Waals surface area contributed by atoms with E-state index in [0.29, 0.717) is 5.56 Å². The number of aryl methyl sites for hydroxylation is 1. The van der Waals surface area contributed by atoms with Crippen LogP contribution in [0.25, 0.3) is 0 Å². The molecule has 0 fully saturated rings. The van der Waals surface area contributed by atoms with Crippen LogP contribution in [0, 0.1) is 24.1 Å². The maximum Gasteiger partial charge on any atom is 0.126 e. The molecule has 0 saturated heterocycles. The maximum absolute atomic E-state index is 12.9. The minimum Gasteiger partial charge on any atom is -0.207 e. The molecule has 0 radical (unpaired) electrons. The lowest BCUT2D eigenvalue weighted by Gasteiger charge is -2.16. The molecule has 0 bridgehead atoms. The minimum absolute atomic E-state index is 0.225. The summed E-state index contributed by atoms with van der Waals surface area (Å²) in [5.41, 5.74) is 0.896. The van der Waals surface area contributed by atoms with Gasteiger partial charge in [-0.15, -0.1) is 0 Å². The Morgan fingerprint density at radius 2 is 2.00 bits per heavy atom. The Bertz CT molecular complexity index is 361. The van der Waals surface area contributed by atoms with E-state index < -0.39 is 5.41 Å². The molecule has 0 atom stereocenters. The second kappa shape index (κ2) is 3.18. The zero-order valence-electron chi connectivity index (χ0n) is 8.06. The molecule has 0 saturated carbocycles. The second-order valence-electron chi connectivity index (χ2n) is 3.70. The van der Waals surface area contributed by atoms with Gasteiger partial charge >= 0.3 is 0 Å². The normalized spacial score (nSPS) is 11.0. The van der Waals surface area contributed by atoms with Crippen LogP contribution in [0.2, 0.25) is 0 Å². The van der Waals surface area contributed by atoms with Gasteiger partial charge in [0.05, 0.1) is 11.5 Å². The molecule has 2 heteroatoms. The molecular weight excluding hydrogens is 165 g/mol. The van der Waals surface area contributed by atoms with Crippen LogP contribution in [0.4, 0.5) is 4.39 Å². The van der Waals surface area contributed by atoms with Gasteiger partial charge in [0.15, 0.2) is 0 Å². The van der Waals surface area contributed by atoms with Gasteiger partial charge in [-0.25, -0.2) is 4.39 Å². The lowest BCUT2D eigenvalue weighted by atomic mass is 9.85. The summed E-state index contributed by atoms with van der Waals surface area (Å²) in [6.45, 7) is 5.34. The molecule has 1 nitrogen and oxygen atoms in total. The van der Waals surface area contributed by atoms with Gasteiger partial charge in [0.2, 0.25) is 0 Å². The van der Waals surface area contributed by atoms with Crippen LogP contribution in [0.1, 0.15) is 25.0 Å². The lowest BCUT2D eigenvalue weighted by Crippen LogP contribution is -2.14. The van der Waals surface area contributed by atoms with Gasteiger partial charge in [-0.1, -0.05) is 12.1 Å². The smallest absolute Gasteiger partial charge is 0.126 e. The summed E-state index contributed by atoms with van der Waals surface area (Å²) in [6.07, 6.45) is 0. The lowest BCUT2D eigenvalue weighted by molar-refractivity contribution is 0.612. The summed E-state index contributed by atoms with van der Waals surface area (Å²) in [4.78, 5) is 0. The molecule has 1 aromatic rings. The van der Waals surface area contributed by atoms with Gasteiger partial charge in [0, 0.05) is 0 Å². The van der Waals surface area contributed by atoms with Crippen LogP contribution in [0.5, 0.6) is 0 Å². The van der Waals surface area contributed by atoms with Gasteiger partial charge in [-0.05, 0) is 38.0 Å². The topological polar surface area (TPSA) is 23.8 Å². The first-order valence-corrected chi connectivity index (χ1v) is 4.15. The van der Waals surface area contributed by atoms with Gasteiger partial charge < -0.3 is 0 Å². The molecule has 0 N–H and O–H groups in total. The summed E-state index contributed by atoms with van der Waals surface area (Å²) in [5, 5.41) is 8.86. The highest BCUT2D eigenvalue weighted by molar-refractivity contribution is 5.33. The van der Waals surface area contributed by atoms with Crippen molar-refractivity contribution in [3.63, 3.8) is 0 Å². The fraction of sp³-hybridized carbons (Fsp3) is 0.364. The number of rotatable bonds is 1. The highest BCUT2D eigenvalue weighted by Crippen LogP contribution is 2.23. The first kappa shape index (κ1) is 9.73. The van der Waals surface area contributed by atoms with E-state index in [2.05, 4.69) is 6.07 Å². The van der Waals surface area contributed by atoms with E-state index in [9.17, 15) is 4.39 Å². The van der Waals surface area contributed by atoms with Crippen molar-refractivity contribution in [3.8, 4) is 6.07 Å². The van der Waals surface area contributed by atoms with E-state index in [0.717, 1.165) is 5.56 Å². The van der Waals surface area contributed by atoms with Crippen molar-refractivity contribution in [2.45, 2.75) is 26.2 Å². The fourth-order valence-electron chi connectivity index (χ4n) is 1.10. The van der Waals surface area contributed by atoms with Gasteiger partial charge in [0.25, 0.3) is 0 Å². The summed E-state index contributed by atoms with van der Waals surface area (Å²) >= 11 is 0. The minimum atomic E-state index is -0.543. The number of halogens is 1. The Morgan fingerprint density at radius 1 is 1.38 bits per heavy atom. The van der Waals surface area contributed by atoms with Crippen molar-refractivity contribution in [1.82, 2.24) is 0 Å². The summed E-state index contributed by atoms with van der Waals surface area (Å²) < 4.78 is 12.9. The molecule has 1 rings (SSSR count). The maximum atomic E-state index is 12.9. The molecule has 0 heterocycles. The third-order valence-corrected chi connectivity index (χ3v) is 2.16. The van der Waals surface area contributed by atoms with E-state index >= 15 is 0 Å². The quantitative estimate of drug-likeness (QED) is 0.647. The van der Waals surface area contributed by atoms with E-state index in [1.807, 2.05) is 13.8 Å². The average Bonchev–Trinajstić information content (AvgIpc) is 2.09. The fourth-order valence-corrected chi connectivity index (χ4v) is 1.10. The molecule has 0 aliphatic carbocycles. The second-order valence-corrected chi connectivity index (χ2v) is 3.70. The van der Waals surface area contributed by atoms with Crippen molar-refractivity contribution >= 4 is 0 Å². The SMILES string of the molecule is Cc1cc(C(C)(C)C#N)ccc1F. The Balaban J connectivity index is 3.20. The average molecular weight is 177 g/mol. The highest BCUT2D eigenvalue weighted by atomic mass is 19.1. The molecule has 0 aromatic heterocycles. The van der Waals surface area contributed by atoms with E-state index in [1.165, 1.54) is 6.07 Å². The third kappa shape index (κ3) is 1.86. The van der Waals surface area contributed by atoms with Crippen LogP contribution in [0.3, 0.4) is 0 Å². The van der Waals surface area contributed by atoms with Crippen LogP contribution in [0.15, 0.2) is 18.2 Å². The predicted molar refractivity (Wildman–Crippen MR) is 49.8 cm³/mol. The Morgan fingerprint density at radius 3 is 2.46 bits per heavy atom. The molecule has 13 heavy (non-hydrogen) atoms. The van der Waals surface area contributed by atoms with Crippen molar-refractivity contribution in [1.29, 1.82) is 5.26 Å². The number of nitrogens with zero attached hydrogens (tertiary/aromatic N) is 1. The Hall–Kier alpha value is -1.36. The molecule has 0 unspecified atom stereocenters. The monoisotopic (exact) mass is 177 g/mol. The van der Waals surface area contributed by atoms with Crippen LogP contribution < -0.4 is 0 Å². The van der Waals surface area contributed by atoms with Crippen molar-refractivity contribution in [2.75, 3.05) is 0 Å².